The van der Waals surface area contributed by atoms with Crippen LogP contribution < -0.4 is 10.1 Å². The topological polar surface area (TPSA) is 41.5 Å². The molecule has 1 heterocycles. The number of hydrogen-bond donors (Lipinski definition) is 2. The summed E-state index contributed by atoms with van der Waals surface area (Å²) in [6, 6.07) is 5.66. The number of nitrogens with one attached hydrogen (secondary N) is 1. The number of rotatable bonds is 3. The molecule has 1 unspecified atom stereocenters. The predicted molar refractivity (Wildman–Crippen MR) is 59.5 cm³/mol. The standard InChI is InChI=1S/C12H17NO2/c1-2-15-12-7-9(3-4-11(12)14)10-5-6-13-8-10/h3-4,7,10,13-14H,2,5-6,8H2,1H3. The molecule has 3 nitrogen and oxygen atoms in total. The van der Waals surface area contributed by atoms with Crippen LogP contribution >= 0.6 is 0 Å². The van der Waals surface area contributed by atoms with Crippen LogP contribution in [0.4, 0.5) is 0 Å². The van der Waals surface area contributed by atoms with E-state index in [2.05, 4.69) is 5.32 Å². The summed E-state index contributed by atoms with van der Waals surface area (Å²) in [7, 11) is 0. The van der Waals surface area contributed by atoms with E-state index in [9.17, 15) is 5.11 Å². The van der Waals surface area contributed by atoms with Crippen LogP contribution in [-0.2, 0) is 0 Å². The van der Waals surface area contributed by atoms with Gasteiger partial charge in [0.2, 0.25) is 0 Å². The van der Waals surface area contributed by atoms with Gasteiger partial charge in [0.25, 0.3) is 0 Å². The first-order valence-electron chi connectivity index (χ1n) is 5.47. The molecule has 0 bridgehead atoms. The smallest absolute Gasteiger partial charge is 0.161 e. The molecule has 1 aromatic rings. The van der Waals surface area contributed by atoms with Gasteiger partial charge in [-0.05, 0) is 43.5 Å². The van der Waals surface area contributed by atoms with E-state index in [0.29, 0.717) is 18.3 Å². The maximum atomic E-state index is 9.57. The summed E-state index contributed by atoms with van der Waals surface area (Å²) in [4.78, 5) is 0. The maximum absolute atomic E-state index is 9.57. The van der Waals surface area contributed by atoms with Crippen molar-refractivity contribution in [2.75, 3.05) is 19.7 Å². The SMILES string of the molecule is CCOc1cc(C2CCNC2)ccc1O. The van der Waals surface area contributed by atoms with Gasteiger partial charge in [-0.15, -0.1) is 0 Å². The number of phenolic OH excluding ortho intramolecular Hbond substituents is 1. The van der Waals surface area contributed by atoms with E-state index in [-0.39, 0.29) is 5.75 Å². The summed E-state index contributed by atoms with van der Waals surface area (Å²) in [6.45, 7) is 4.61. The normalized spacial score (nSPS) is 20.5. The zero-order chi connectivity index (χ0) is 10.7. The Balaban J connectivity index is 2.21. The molecule has 0 spiro atoms. The van der Waals surface area contributed by atoms with E-state index in [0.717, 1.165) is 19.5 Å². The monoisotopic (exact) mass is 207 g/mol. The summed E-state index contributed by atoms with van der Waals surface area (Å²) in [5.41, 5.74) is 1.25. The van der Waals surface area contributed by atoms with Crippen LogP contribution in [0.5, 0.6) is 11.5 Å². The highest BCUT2D eigenvalue weighted by Gasteiger charge is 2.17. The fourth-order valence-corrected chi connectivity index (χ4v) is 1.99. The van der Waals surface area contributed by atoms with Crippen molar-refractivity contribution in [3.8, 4) is 11.5 Å². The molecule has 3 heteroatoms. The van der Waals surface area contributed by atoms with Crippen LogP contribution in [-0.4, -0.2) is 24.8 Å². The fraction of sp³-hybridized carbons (Fsp3) is 0.500. The molecule has 15 heavy (non-hydrogen) atoms. The second-order valence-electron chi connectivity index (χ2n) is 3.85. The average Bonchev–Trinajstić information content (AvgIpc) is 2.75. The van der Waals surface area contributed by atoms with Crippen molar-refractivity contribution < 1.29 is 9.84 Å². The van der Waals surface area contributed by atoms with E-state index < -0.39 is 0 Å². The van der Waals surface area contributed by atoms with E-state index >= 15 is 0 Å². The minimum Gasteiger partial charge on any atom is -0.504 e. The number of phenols is 1. The summed E-state index contributed by atoms with van der Waals surface area (Å²) in [5, 5.41) is 12.9. The van der Waals surface area contributed by atoms with Gasteiger partial charge in [-0.3, -0.25) is 0 Å². The van der Waals surface area contributed by atoms with Gasteiger partial charge in [0.1, 0.15) is 0 Å². The Kier molecular flexibility index (Phi) is 3.11. The lowest BCUT2D eigenvalue weighted by atomic mass is 9.98. The van der Waals surface area contributed by atoms with Crippen LogP contribution in [0.1, 0.15) is 24.8 Å². The zero-order valence-electron chi connectivity index (χ0n) is 8.99. The Bertz CT molecular complexity index is 332. The molecule has 2 N–H and O–H groups in total. The largest absolute Gasteiger partial charge is 0.504 e. The third kappa shape index (κ3) is 2.23. The molecule has 1 saturated heterocycles. The Labute approximate surface area is 90.1 Å². The first kappa shape index (κ1) is 10.3. The first-order valence-corrected chi connectivity index (χ1v) is 5.47. The van der Waals surface area contributed by atoms with Gasteiger partial charge in [-0.25, -0.2) is 0 Å². The Morgan fingerprint density at radius 1 is 1.53 bits per heavy atom. The lowest BCUT2D eigenvalue weighted by Crippen LogP contribution is -2.08. The van der Waals surface area contributed by atoms with Crippen molar-refractivity contribution >= 4 is 0 Å². The number of ether oxygens (including phenoxy) is 1. The highest BCUT2D eigenvalue weighted by Crippen LogP contribution is 2.31. The zero-order valence-corrected chi connectivity index (χ0v) is 8.99. The highest BCUT2D eigenvalue weighted by molar-refractivity contribution is 5.43. The minimum atomic E-state index is 0.228. The molecule has 82 valence electrons. The molecule has 0 radical (unpaired) electrons. The lowest BCUT2D eigenvalue weighted by molar-refractivity contribution is 0.317. The highest BCUT2D eigenvalue weighted by atomic mass is 16.5. The molecular formula is C12H17NO2. The van der Waals surface area contributed by atoms with E-state index in [1.54, 1.807) is 6.07 Å². The quantitative estimate of drug-likeness (QED) is 0.795. The van der Waals surface area contributed by atoms with Crippen LogP contribution in [0.25, 0.3) is 0 Å². The van der Waals surface area contributed by atoms with Gasteiger partial charge in [0.15, 0.2) is 11.5 Å². The number of aromatic hydroxyl groups is 1. The molecule has 0 aromatic heterocycles. The maximum Gasteiger partial charge on any atom is 0.161 e. The molecule has 2 rings (SSSR count). The molecule has 0 saturated carbocycles. The van der Waals surface area contributed by atoms with Crippen molar-refractivity contribution in [2.45, 2.75) is 19.3 Å². The Morgan fingerprint density at radius 2 is 2.40 bits per heavy atom. The molecule has 0 aliphatic carbocycles. The number of benzene rings is 1. The second-order valence-corrected chi connectivity index (χ2v) is 3.85. The van der Waals surface area contributed by atoms with E-state index in [1.165, 1.54) is 5.56 Å². The van der Waals surface area contributed by atoms with Crippen molar-refractivity contribution in [2.24, 2.45) is 0 Å². The summed E-state index contributed by atoms with van der Waals surface area (Å²) in [6.07, 6.45) is 1.16. The lowest BCUT2D eigenvalue weighted by Gasteiger charge is -2.12. The van der Waals surface area contributed by atoms with Crippen molar-refractivity contribution in [3.63, 3.8) is 0 Å². The van der Waals surface area contributed by atoms with Gasteiger partial charge in [-0.1, -0.05) is 6.07 Å². The summed E-state index contributed by atoms with van der Waals surface area (Å²) in [5.74, 6) is 1.39. The van der Waals surface area contributed by atoms with Crippen molar-refractivity contribution in [3.05, 3.63) is 23.8 Å². The van der Waals surface area contributed by atoms with Crippen LogP contribution in [0, 0.1) is 0 Å². The fourth-order valence-electron chi connectivity index (χ4n) is 1.99. The minimum absolute atomic E-state index is 0.228. The molecule has 1 aliphatic rings. The van der Waals surface area contributed by atoms with Crippen LogP contribution in [0.2, 0.25) is 0 Å². The molecule has 0 amide bonds. The third-order valence-corrected chi connectivity index (χ3v) is 2.82. The molecular weight excluding hydrogens is 190 g/mol. The van der Waals surface area contributed by atoms with Crippen LogP contribution in [0.3, 0.4) is 0 Å². The molecule has 1 aliphatic heterocycles. The molecule has 1 atom stereocenters. The number of hydrogen-bond acceptors (Lipinski definition) is 3. The Hall–Kier alpha value is -1.22. The second kappa shape index (κ2) is 4.53. The van der Waals surface area contributed by atoms with Gasteiger partial charge in [-0.2, -0.15) is 0 Å². The van der Waals surface area contributed by atoms with Gasteiger partial charge < -0.3 is 15.2 Å². The van der Waals surface area contributed by atoms with Gasteiger partial charge in [0.05, 0.1) is 6.61 Å². The first-order chi connectivity index (χ1) is 7.31. The van der Waals surface area contributed by atoms with Crippen molar-refractivity contribution in [1.29, 1.82) is 0 Å². The molecule has 1 fully saturated rings. The van der Waals surface area contributed by atoms with E-state index in [1.807, 2.05) is 19.1 Å². The van der Waals surface area contributed by atoms with Crippen molar-refractivity contribution in [1.82, 2.24) is 5.32 Å². The Morgan fingerprint density at radius 3 is 3.07 bits per heavy atom. The molecule has 1 aromatic carbocycles. The predicted octanol–water partition coefficient (Wildman–Crippen LogP) is 1.87. The summed E-state index contributed by atoms with van der Waals surface area (Å²) < 4.78 is 5.37. The van der Waals surface area contributed by atoms with E-state index in [4.69, 9.17) is 4.74 Å². The summed E-state index contributed by atoms with van der Waals surface area (Å²) >= 11 is 0. The van der Waals surface area contributed by atoms with Crippen LogP contribution in [0.15, 0.2) is 18.2 Å². The third-order valence-electron chi connectivity index (χ3n) is 2.82. The average molecular weight is 207 g/mol. The van der Waals surface area contributed by atoms with Gasteiger partial charge >= 0.3 is 0 Å². The van der Waals surface area contributed by atoms with Gasteiger partial charge in [0, 0.05) is 6.54 Å².